The van der Waals surface area contributed by atoms with E-state index in [1.165, 1.54) is 0 Å². The Morgan fingerprint density at radius 1 is 1.35 bits per heavy atom. The van der Waals surface area contributed by atoms with Gasteiger partial charge < -0.3 is 10.5 Å². The van der Waals surface area contributed by atoms with Crippen LogP contribution in [0.25, 0.3) is 0 Å². The summed E-state index contributed by atoms with van der Waals surface area (Å²) in [6.07, 6.45) is 0. The lowest BCUT2D eigenvalue weighted by atomic mass is 10.1. The fraction of sp³-hybridized carbons (Fsp3) is 0.143. The standard InChI is InChI=1S/C14H12BrClN2OS/c1-7-5-8(2)18-14(12(7)13(17)20)19-11-6-9(15)3-4-10(11)16/h3-6H,1-2H3,(H2,17,20). The van der Waals surface area contributed by atoms with E-state index in [0.717, 1.165) is 15.7 Å². The molecule has 2 rings (SSSR count). The molecular formula is C14H12BrClN2OS. The van der Waals surface area contributed by atoms with Gasteiger partial charge in [-0.25, -0.2) is 4.98 Å². The van der Waals surface area contributed by atoms with Crippen LogP contribution in [0, 0.1) is 13.8 Å². The second-order valence-corrected chi connectivity index (χ2v) is 6.06. The van der Waals surface area contributed by atoms with E-state index in [-0.39, 0.29) is 4.99 Å². The number of aryl methyl sites for hydroxylation is 2. The summed E-state index contributed by atoms with van der Waals surface area (Å²) >= 11 is 14.6. The van der Waals surface area contributed by atoms with Crippen LogP contribution in [0.3, 0.4) is 0 Å². The highest BCUT2D eigenvalue weighted by Crippen LogP contribution is 2.33. The van der Waals surface area contributed by atoms with Gasteiger partial charge in [0.05, 0.1) is 10.6 Å². The molecule has 0 spiro atoms. The molecule has 104 valence electrons. The second-order valence-electron chi connectivity index (χ2n) is 4.30. The van der Waals surface area contributed by atoms with Gasteiger partial charge in [0.2, 0.25) is 5.88 Å². The summed E-state index contributed by atoms with van der Waals surface area (Å²) < 4.78 is 6.66. The number of hydrogen-bond acceptors (Lipinski definition) is 3. The average Bonchev–Trinajstić information content (AvgIpc) is 2.32. The molecule has 0 aliphatic carbocycles. The van der Waals surface area contributed by atoms with Gasteiger partial charge in [-0.2, -0.15) is 0 Å². The summed E-state index contributed by atoms with van der Waals surface area (Å²) in [5.41, 5.74) is 8.13. The largest absolute Gasteiger partial charge is 0.437 e. The number of benzene rings is 1. The Balaban J connectivity index is 2.53. The minimum absolute atomic E-state index is 0.246. The number of thiocarbonyl (C=S) groups is 1. The van der Waals surface area contributed by atoms with Gasteiger partial charge >= 0.3 is 0 Å². The third-order valence-electron chi connectivity index (χ3n) is 2.66. The first-order valence-corrected chi connectivity index (χ1v) is 7.37. The summed E-state index contributed by atoms with van der Waals surface area (Å²) in [6, 6.07) is 7.25. The van der Waals surface area contributed by atoms with E-state index in [9.17, 15) is 0 Å². The van der Waals surface area contributed by atoms with Crippen molar-refractivity contribution >= 4 is 44.7 Å². The quantitative estimate of drug-likeness (QED) is 0.805. The Hall–Kier alpha value is -1.17. The van der Waals surface area contributed by atoms with Crippen molar-refractivity contribution in [1.29, 1.82) is 0 Å². The number of nitrogens with two attached hydrogens (primary N) is 1. The van der Waals surface area contributed by atoms with Crippen molar-refractivity contribution < 1.29 is 4.74 Å². The third kappa shape index (κ3) is 3.29. The van der Waals surface area contributed by atoms with Gasteiger partial charge in [0.25, 0.3) is 0 Å². The molecule has 0 saturated carbocycles. The highest BCUT2D eigenvalue weighted by Gasteiger charge is 2.15. The fourth-order valence-corrected chi connectivity index (χ4v) is 2.58. The average molecular weight is 372 g/mol. The molecule has 20 heavy (non-hydrogen) atoms. The predicted molar refractivity (Wildman–Crippen MR) is 88.8 cm³/mol. The van der Waals surface area contributed by atoms with Crippen molar-refractivity contribution in [2.75, 3.05) is 0 Å². The number of halogens is 2. The predicted octanol–water partition coefficient (Wildman–Crippen LogP) is 4.54. The molecule has 2 N–H and O–H groups in total. The first-order valence-electron chi connectivity index (χ1n) is 5.79. The second kappa shape index (κ2) is 6.08. The maximum atomic E-state index is 6.12. The molecule has 2 aromatic rings. The number of aromatic nitrogens is 1. The molecule has 0 amide bonds. The zero-order valence-corrected chi connectivity index (χ0v) is 14.1. The van der Waals surface area contributed by atoms with Crippen molar-refractivity contribution in [2.45, 2.75) is 13.8 Å². The Labute approximate surface area is 136 Å². The topological polar surface area (TPSA) is 48.1 Å². The Morgan fingerprint density at radius 2 is 2.05 bits per heavy atom. The molecule has 0 radical (unpaired) electrons. The van der Waals surface area contributed by atoms with E-state index in [1.54, 1.807) is 12.1 Å². The summed E-state index contributed by atoms with van der Waals surface area (Å²) in [5.74, 6) is 0.867. The monoisotopic (exact) mass is 370 g/mol. The van der Waals surface area contributed by atoms with E-state index in [1.807, 2.05) is 26.0 Å². The van der Waals surface area contributed by atoms with Crippen LogP contribution < -0.4 is 10.5 Å². The van der Waals surface area contributed by atoms with Crippen molar-refractivity contribution in [3.8, 4) is 11.6 Å². The molecule has 0 bridgehead atoms. The zero-order chi connectivity index (χ0) is 14.9. The first-order chi connectivity index (χ1) is 9.38. The number of pyridine rings is 1. The fourth-order valence-electron chi connectivity index (χ4n) is 1.84. The van der Waals surface area contributed by atoms with Gasteiger partial charge in [-0.05, 0) is 43.7 Å². The molecule has 0 aliphatic heterocycles. The smallest absolute Gasteiger partial charge is 0.230 e. The van der Waals surface area contributed by atoms with Gasteiger partial charge in [-0.3, -0.25) is 0 Å². The molecule has 6 heteroatoms. The van der Waals surface area contributed by atoms with Crippen LogP contribution in [0.4, 0.5) is 0 Å². The van der Waals surface area contributed by atoms with Gasteiger partial charge in [0.1, 0.15) is 10.7 Å². The maximum absolute atomic E-state index is 6.12. The maximum Gasteiger partial charge on any atom is 0.230 e. The number of nitrogens with zero attached hydrogens (tertiary/aromatic N) is 1. The van der Waals surface area contributed by atoms with Gasteiger partial charge in [0.15, 0.2) is 0 Å². The minimum atomic E-state index is 0.246. The molecule has 0 saturated heterocycles. The molecule has 1 aromatic heterocycles. The molecule has 1 aromatic carbocycles. The van der Waals surface area contributed by atoms with Crippen LogP contribution in [0.5, 0.6) is 11.6 Å². The van der Waals surface area contributed by atoms with Crippen LogP contribution >= 0.6 is 39.7 Å². The van der Waals surface area contributed by atoms with Crippen LogP contribution in [0.2, 0.25) is 5.02 Å². The lowest BCUT2D eigenvalue weighted by Crippen LogP contribution is -2.14. The van der Waals surface area contributed by atoms with Crippen LogP contribution in [-0.4, -0.2) is 9.97 Å². The molecular weight excluding hydrogens is 360 g/mol. The Kier molecular flexibility index (Phi) is 4.62. The summed E-state index contributed by atoms with van der Waals surface area (Å²) in [7, 11) is 0. The molecule has 3 nitrogen and oxygen atoms in total. The molecule has 0 fully saturated rings. The lowest BCUT2D eigenvalue weighted by molar-refractivity contribution is 0.460. The normalized spacial score (nSPS) is 10.4. The van der Waals surface area contributed by atoms with Crippen molar-refractivity contribution in [3.63, 3.8) is 0 Å². The lowest BCUT2D eigenvalue weighted by Gasteiger charge is -2.13. The molecule has 0 aliphatic rings. The molecule has 0 unspecified atom stereocenters. The highest BCUT2D eigenvalue weighted by atomic mass is 79.9. The zero-order valence-electron chi connectivity index (χ0n) is 10.9. The highest BCUT2D eigenvalue weighted by molar-refractivity contribution is 9.10. The van der Waals surface area contributed by atoms with Gasteiger partial charge in [-0.1, -0.05) is 39.7 Å². The van der Waals surface area contributed by atoms with E-state index in [4.69, 9.17) is 34.3 Å². The molecule has 0 atom stereocenters. The minimum Gasteiger partial charge on any atom is -0.437 e. The van der Waals surface area contributed by atoms with E-state index in [2.05, 4.69) is 20.9 Å². The van der Waals surface area contributed by atoms with Crippen LogP contribution in [0.1, 0.15) is 16.8 Å². The SMILES string of the molecule is Cc1cc(C)c(C(N)=S)c(Oc2cc(Br)ccc2Cl)n1. The third-order valence-corrected chi connectivity index (χ3v) is 3.67. The van der Waals surface area contributed by atoms with Crippen molar-refractivity contribution in [1.82, 2.24) is 4.98 Å². The Bertz CT molecular complexity index is 691. The van der Waals surface area contributed by atoms with E-state index >= 15 is 0 Å². The summed E-state index contributed by atoms with van der Waals surface area (Å²) in [4.78, 5) is 4.60. The van der Waals surface area contributed by atoms with E-state index in [0.29, 0.717) is 22.2 Å². The number of ether oxygens (including phenoxy) is 1. The van der Waals surface area contributed by atoms with Crippen molar-refractivity contribution in [2.24, 2.45) is 5.73 Å². The van der Waals surface area contributed by atoms with E-state index < -0.39 is 0 Å². The summed E-state index contributed by atoms with van der Waals surface area (Å²) in [6.45, 7) is 3.80. The Morgan fingerprint density at radius 3 is 2.70 bits per heavy atom. The van der Waals surface area contributed by atoms with Gasteiger partial charge in [-0.15, -0.1) is 0 Å². The van der Waals surface area contributed by atoms with Crippen LogP contribution in [0.15, 0.2) is 28.7 Å². The number of hydrogen-bond donors (Lipinski definition) is 1. The molecule has 1 heterocycles. The first kappa shape index (κ1) is 15.2. The summed E-state index contributed by atoms with van der Waals surface area (Å²) in [5, 5.41) is 0.489. The van der Waals surface area contributed by atoms with Crippen LogP contribution in [-0.2, 0) is 0 Å². The van der Waals surface area contributed by atoms with Gasteiger partial charge in [0, 0.05) is 10.2 Å². The number of rotatable bonds is 3. The van der Waals surface area contributed by atoms with Crippen molar-refractivity contribution in [3.05, 3.63) is 50.6 Å².